The van der Waals surface area contributed by atoms with E-state index in [4.69, 9.17) is 21.3 Å². The minimum absolute atomic E-state index is 0.0463. The van der Waals surface area contributed by atoms with E-state index < -0.39 is 9.84 Å². The first-order chi connectivity index (χ1) is 13.4. The van der Waals surface area contributed by atoms with Crippen molar-refractivity contribution < 1.29 is 17.5 Å². The van der Waals surface area contributed by atoms with Gasteiger partial charge in [-0.1, -0.05) is 41.6 Å². The number of aliphatic imine (C=N–C) groups is 1. The summed E-state index contributed by atoms with van der Waals surface area (Å²) in [5.41, 5.74) is 1.58. The van der Waals surface area contributed by atoms with Crippen LogP contribution in [0.1, 0.15) is 5.56 Å². The molecule has 1 saturated heterocycles. The van der Waals surface area contributed by atoms with E-state index in [1.807, 2.05) is 29.2 Å². The molecule has 5 nitrogen and oxygen atoms in total. The molecular weight excluding hydrogens is 423 g/mol. The summed E-state index contributed by atoms with van der Waals surface area (Å²) in [6, 6.07) is 11.2. The number of sulfone groups is 1. The number of amidine groups is 1. The first-order valence-electron chi connectivity index (χ1n) is 8.65. The number of thioether (sulfide) groups is 1. The van der Waals surface area contributed by atoms with Gasteiger partial charge in [0.2, 0.25) is 0 Å². The lowest BCUT2D eigenvalue weighted by Crippen LogP contribution is -2.39. The fourth-order valence-electron chi connectivity index (χ4n) is 3.52. The van der Waals surface area contributed by atoms with Crippen molar-refractivity contribution in [3.8, 4) is 5.75 Å². The van der Waals surface area contributed by atoms with E-state index in [1.165, 1.54) is 23.9 Å². The minimum Gasteiger partial charge on any atom is -0.495 e. The molecule has 2 aromatic carbocycles. The Kier molecular flexibility index (Phi) is 5.28. The van der Waals surface area contributed by atoms with Crippen molar-refractivity contribution in [3.63, 3.8) is 0 Å². The highest BCUT2D eigenvalue weighted by Gasteiger charge is 2.47. The molecule has 0 unspecified atom stereocenters. The lowest BCUT2D eigenvalue weighted by molar-refractivity contribution is 0.415. The van der Waals surface area contributed by atoms with Crippen LogP contribution in [0, 0.1) is 5.82 Å². The molecule has 0 bridgehead atoms. The van der Waals surface area contributed by atoms with Crippen molar-refractivity contribution >= 4 is 44.1 Å². The fourth-order valence-corrected chi connectivity index (χ4v) is 6.80. The molecule has 0 N–H and O–H groups in total. The summed E-state index contributed by atoms with van der Waals surface area (Å²) in [5, 5.41) is 1.08. The van der Waals surface area contributed by atoms with Crippen molar-refractivity contribution in [2.24, 2.45) is 4.99 Å². The van der Waals surface area contributed by atoms with E-state index in [0.29, 0.717) is 16.5 Å². The Morgan fingerprint density at radius 1 is 1.29 bits per heavy atom. The molecule has 0 aromatic heterocycles. The van der Waals surface area contributed by atoms with Gasteiger partial charge in [0.25, 0.3) is 0 Å². The van der Waals surface area contributed by atoms with Crippen molar-refractivity contribution in [1.29, 1.82) is 0 Å². The highest BCUT2D eigenvalue weighted by Crippen LogP contribution is 2.40. The zero-order chi connectivity index (χ0) is 19.9. The van der Waals surface area contributed by atoms with Gasteiger partial charge in [-0.2, -0.15) is 0 Å². The van der Waals surface area contributed by atoms with Gasteiger partial charge in [-0.05, 0) is 29.8 Å². The number of ether oxygens (including phenoxy) is 1. The smallest absolute Gasteiger partial charge is 0.164 e. The van der Waals surface area contributed by atoms with Crippen molar-refractivity contribution in [2.45, 2.75) is 17.8 Å². The van der Waals surface area contributed by atoms with E-state index in [2.05, 4.69) is 0 Å². The summed E-state index contributed by atoms with van der Waals surface area (Å²) < 4.78 is 43.1. The van der Waals surface area contributed by atoms with E-state index in [1.54, 1.807) is 13.2 Å². The molecule has 0 saturated carbocycles. The Morgan fingerprint density at radius 2 is 2.07 bits per heavy atom. The Bertz CT molecular complexity index is 1050. The van der Waals surface area contributed by atoms with Crippen molar-refractivity contribution in [3.05, 3.63) is 58.9 Å². The van der Waals surface area contributed by atoms with Crippen LogP contribution in [0.2, 0.25) is 5.02 Å². The van der Waals surface area contributed by atoms with Crippen LogP contribution in [0.3, 0.4) is 0 Å². The number of para-hydroxylation sites is 2. The molecule has 2 aromatic rings. The van der Waals surface area contributed by atoms with Crippen LogP contribution in [-0.2, 0) is 15.6 Å². The van der Waals surface area contributed by atoms with Crippen LogP contribution < -0.4 is 9.64 Å². The molecule has 2 heterocycles. The Labute approximate surface area is 172 Å². The van der Waals surface area contributed by atoms with Gasteiger partial charge in [0.15, 0.2) is 15.0 Å². The van der Waals surface area contributed by atoms with Gasteiger partial charge in [-0.15, -0.1) is 0 Å². The van der Waals surface area contributed by atoms with E-state index in [0.717, 1.165) is 16.4 Å². The van der Waals surface area contributed by atoms with Crippen LogP contribution in [-0.4, -0.2) is 44.3 Å². The number of benzene rings is 2. The molecule has 28 heavy (non-hydrogen) atoms. The topological polar surface area (TPSA) is 59.0 Å². The number of hydrogen-bond donors (Lipinski definition) is 0. The molecule has 9 heteroatoms. The Morgan fingerprint density at radius 3 is 2.82 bits per heavy atom. The van der Waals surface area contributed by atoms with Crippen molar-refractivity contribution in [2.75, 3.05) is 23.5 Å². The SMILES string of the molecule is COc1ccccc1N1C(SCc2ccc(F)cc2Cl)=N[C@H]2CS(=O)(=O)C[C@@H]21. The van der Waals surface area contributed by atoms with Crippen LogP contribution >= 0.6 is 23.4 Å². The standard InChI is InChI=1S/C19H18ClFN2O3S2/c1-26-18-5-3-2-4-16(18)23-17-11-28(24,25)10-15(17)22-19(23)27-9-12-6-7-13(21)8-14(12)20/h2-8,15,17H,9-11H2,1H3/t15-,17-/m0/s1. The summed E-state index contributed by atoms with van der Waals surface area (Å²) in [5.74, 6) is 0.869. The maximum atomic E-state index is 13.3. The normalized spacial score (nSPS) is 22.8. The molecule has 2 aliphatic rings. The lowest BCUT2D eigenvalue weighted by atomic mass is 10.1. The number of fused-ring (bicyclic) bond motifs is 1. The highest BCUT2D eigenvalue weighted by atomic mass is 35.5. The van der Waals surface area contributed by atoms with Gasteiger partial charge in [-0.25, -0.2) is 12.8 Å². The number of rotatable bonds is 4. The van der Waals surface area contributed by atoms with E-state index in [9.17, 15) is 12.8 Å². The highest BCUT2D eigenvalue weighted by molar-refractivity contribution is 8.13. The maximum absolute atomic E-state index is 13.3. The van der Waals surface area contributed by atoms with Gasteiger partial charge in [0.05, 0.1) is 36.4 Å². The van der Waals surface area contributed by atoms with Crippen LogP contribution in [0.5, 0.6) is 5.75 Å². The van der Waals surface area contributed by atoms with Gasteiger partial charge in [0.1, 0.15) is 11.6 Å². The lowest BCUT2D eigenvalue weighted by Gasteiger charge is -2.28. The van der Waals surface area contributed by atoms with Gasteiger partial charge in [-0.3, -0.25) is 4.99 Å². The Hall–Kier alpha value is -1.77. The summed E-state index contributed by atoms with van der Waals surface area (Å²) in [4.78, 5) is 6.65. The predicted octanol–water partition coefficient (Wildman–Crippen LogP) is 3.76. The van der Waals surface area contributed by atoms with Crippen LogP contribution in [0.4, 0.5) is 10.1 Å². The minimum atomic E-state index is -3.13. The third-order valence-electron chi connectivity index (χ3n) is 4.82. The number of hydrogen-bond acceptors (Lipinski definition) is 6. The monoisotopic (exact) mass is 440 g/mol. The first-order valence-corrected chi connectivity index (χ1v) is 11.8. The molecule has 0 aliphatic carbocycles. The quantitative estimate of drug-likeness (QED) is 0.724. The number of methoxy groups -OCH3 is 1. The molecule has 4 rings (SSSR count). The summed E-state index contributed by atoms with van der Waals surface area (Å²) >= 11 is 7.60. The number of anilines is 1. The predicted molar refractivity (Wildman–Crippen MR) is 112 cm³/mol. The fraction of sp³-hybridized carbons (Fsp3) is 0.316. The second kappa shape index (κ2) is 7.57. The molecular formula is C19H18ClFN2O3S2. The molecule has 148 valence electrons. The summed E-state index contributed by atoms with van der Waals surface area (Å²) in [6.45, 7) is 0. The number of halogens is 2. The van der Waals surface area contributed by atoms with Crippen LogP contribution in [0.15, 0.2) is 47.5 Å². The first kappa shape index (κ1) is 19.5. The third-order valence-corrected chi connectivity index (χ3v) is 7.89. The second-order valence-corrected chi connectivity index (χ2v) is 10.2. The molecule has 2 aliphatic heterocycles. The van der Waals surface area contributed by atoms with E-state index >= 15 is 0 Å². The number of nitrogens with zero attached hydrogens (tertiary/aromatic N) is 2. The molecule has 1 fully saturated rings. The third kappa shape index (κ3) is 3.73. The van der Waals surface area contributed by atoms with Gasteiger partial charge < -0.3 is 9.64 Å². The second-order valence-electron chi connectivity index (χ2n) is 6.69. The molecule has 2 atom stereocenters. The molecule has 0 spiro atoms. The van der Waals surface area contributed by atoms with Crippen molar-refractivity contribution in [1.82, 2.24) is 0 Å². The van der Waals surface area contributed by atoms with E-state index in [-0.39, 0.29) is 29.4 Å². The molecule has 0 radical (unpaired) electrons. The van der Waals surface area contributed by atoms with Gasteiger partial charge in [0, 0.05) is 10.8 Å². The largest absolute Gasteiger partial charge is 0.495 e. The average molecular weight is 441 g/mol. The molecule has 0 amide bonds. The maximum Gasteiger partial charge on any atom is 0.164 e. The zero-order valence-corrected chi connectivity index (χ0v) is 17.4. The summed E-state index contributed by atoms with van der Waals surface area (Å²) in [6.07, 6.45) is 0. The van der Waals surface area contributed by atoms with Crippen LogP contribution in [0.25, 0.3) is 0 Å². The Balaban J connectivity index is 1.66. The zero-order valence-electron chi connectivity index (χ0n) is 15.0. The van der Waals surface area contributed by atoms with Gasteiger partial charge >= 0.3 is 0 Å². The summed E-state index contributed by atoms with van der Waals surface area (Å²) in [7, 11) is -1.55. The average Bonchev–Trinajstić information content (AvgIpc) is 3.12.